The summed E-state index contributed by atoms with van der Waals surface area (Å²) in [7, 11) is 4.65. The summed E-state index contributed by atoms with van der Waals surface area (Å²) >= 11 is 6.19. The number of anilines is 1. The van der Waals surface area contributed by atoms with E-state index >= 15 is 0 Å². The lowest BCUT2D eigenvalue weighted by molar-refractivity contribution is 0.181. The monoisotopic (exact) mass is 309 g/mol. The highest BCUT2D eigenvalue weighted by atomic mass is 35.5. The largest absolute Gasteiger partial charge is 0.493 e. The number of nitrogens with two attached hydrogens (primary N) is 1. The summed E-state index contributed by atoms with van der Waals surface area (Å²) in [6, 6.07) is 5.11. The molecule has 0 aliphatic heterocycles. The first-order valence-electron chi connectivity index (χ1n) is 6.13. The highest BCUT2D eigenvalue weighted by Crippen LogP contribution is 2.38. The molecule has 0 aliphatic carbocycles. The lowest BCUT2D eigenvalue weighted by atomic mass is 10.1. The summed E-state index contributed by atoms with van der Waals surface area (Å²) in [5.41, 5.74) is 7.16. The van der Waals surface area contributed by atoms with Gasteiger partial charge in [-0.15, -0.1) is 0 Å². The molecule has 1 aromatic heterocycles. The number of benzene rings is 1. The topological polar surface area (TPSA) is 79.5 Å². The molecule has 0 amide bonds. The molecule has 0 atom stereocenters. The Kier molecular flexibility index (Phi) is 4.82. The summed E-state index contributed by atoms with van der Waals surface area (Å²) in [4.78, 5) is 8.61. The second kappa shape index (κ2) is 6.60. The first-order valence-corrected chi connectivity index (χ1v) is 6.51. The van der Waals surface area contributed by atoms with Crippen LogP contribution in [0.1, 0.15) is 5.69 Å². The van der Waals surface area contributed by atoms with Crippen LogP contribution in [0.5, 0.6) is 11.5 Å². The number of ether oxygens (including phenoxy) is 3. The molecule has 21 heavy (non-hydrogen) atoms. The number of hydrogen-bond donors (Lipinski definition) is 1. The molecule has 0 unspecified atom stereocenters. The Morgan fingerprint density at radius 2 is 1.86 bits per heavy atom. The van der Waals surface area contributed by atoms with Gasteiger partial charge in [-0.25, -0.2) is 9.97 Å². The van der Waals surface area contributed by atoms with Crippen molar-refractivity contribution in [3.63, 3.8) is 0 Å². The van der Waals surface area contributed by atoms with E-state index in [4.69, 9.17) is 31.5 Å². The molecule has 1 heterocycles. The highest BCUT2D eigenvalue weighted by molar-refractivity contribution is 6.32. The van der Waals surface area contributed by atoms with Crippen molar-refractivity contribution < 1.29 is 14.2 Å². The number of aromatic nitrogens is 2. The lowest BCUT2D eigenvalue weighted by Crippen LogP contribution is -2.02. The van der Waals surface area contributed by atoms with E-state index in [1.165, 1.54) is 14.2 Å². The number of halogens is 1. The fourth-order valence-corrected chi connectivity index (χ4v) is 2.20. The SMILES string of the molecule is COCc1cc(N)nc(-c2cc(Cl)c(OC)c(OC)c2)n1. The van der Waals surface area contributed by atoms with Crippen LogP contribution < -0.4 is 15.2 Å². The first-order chi connectivity index (χ1) is 10.1. The van der Waals surface area contributed by atoms with Crippen molar-refractivity contribution in [1.82, 2.24) is 9.97 Å². The molecule has 7 heteroatoms. The van der Waals surface area contributed by atoms with Gasteiger partial charge in [0.25, 0.3) is 0 Å². The van der Waals surface area contributed by atoms with Crippen molar-refractivity contribution >= 4 is 17.4 Å². The predicted octanol–water partition coefficient (Wildman–Crippen LogP) is 2.54. The van der Waals surface area contributed by atoms with Crippen molar-refractivity contribution in [2.24, 2.45) is 0 Å². The molecule has 0 saturated carbocycles. The minimum atomic E-state index is 0.348. The normalized spacial score (nSPS) is 10.5. The molecule has 6 nitrogen and oxygen atoms in total. The van der Waals surface area contributed by atoms with Gasteiger partial charge in [-0.3, -0.25) is 0 Å². The van der Waals surface area contributed by atoms with E-state index in [9.17, 15) is 0 Å². The van der Waals surface area contributed by atoms with Crippen LogP contribution in [0.4, 0.5) is 5.82 Å². The summed E-state index contributed by atoms with van der Waals surface area (Å²) < 4.78 is 15.5. The van der Waals surface area contributed by atoms with Crippen LogP contribution in [0.3, 0.4) is 0 Å². The molecule has 2 aromatic rings. The van der Waals surface area contributed by atoms with Gasteiger partial charge in [0.05, 0.1) is 31.5 Å². The van der Waals surface area contributed by atoms with E-state index in [0.29, 0.717) is 46.0 Å². The van der Waals surface area contributed by atoms with Gasteiger partial charge < -0.3 is 19.9 Å². The third kappa shape index (κ3) is 3.34. The molecule has 0 aliphatic rings. The zero-order valence-electron chi connectivity index (χ0n) is 12.0. The van der Waals surface area contributed by atoms with E-state index in [1.807, 2.05) is 0 Å². The second-order valence-corrected chi connectivity index (χ2v) is 4.64. The van der Waals surface area contributed by atoms with Gasteiger partial charge in [-0.05, 0) is 12.1 Å². The van der Waals surface area contributed by atoms with Crippen LogP contribution in [-0.2, 0) is 11.3 Å². The van der Waals surface area contributed by atoms with Gasteiger partial charge in [0.2, 0.25) is 0 Å². The Balaban J connectivity index is 2.53. The van der Waals surface area contributed by atoms with Crippen LogP contribution >= 0.6 is 11.6 Å². The number of rotatable bonds is 5. The van der Waals surface area contributed by atoms with Gasteiger partial charge in [0.15, 0.2) is 17.3 Å². The number of hydrogen-bond acceptors (Lipinski definition) is 6. The third-order valence-electron chi connectivity index (χ3n) is 2.78. The summed E-state index contributed by atoms with van der Waals surface area (Å²) in [6.07, 6.45) is 0. The molecule has 0 radical (unpaired) electrons. The molecule has 112 valence electrons. The Hall–Kier alpha value is -2.05. The van der Waals surface area contributed by atoms with Crippen molar-refractivity contribution in [2.75, 3.05) is 27.1 Å². The number of methoxy groups -OCH3 is 3. The van der Waals surface area contributed by atoms with Gasteiger partial charge in [-0.2, -0.15) is 0 Å². The Labute approximate surface area is 127 Å². The Morgan fingerprint density at radius 1 is 1.10 bits per heavy atom. The van der Waals surface area contributed by atoms with Crippen LogP contribution in [0, 0.1) is 0 Å². The van der Waals surface area contributed by atoms with Crippen LogP contribution in [0.2, 0.25) is 5.02 Å². The number of nitrogen functional groups attached to an aromatic ring is 1. The molecule has 0 saturated heterocycles. The smallest absolute Gasteiger partial charge is 0.179 e. The molecule has 0 fully saturated rings. The molecule has 0 spiro atoms. The first kappa shape index (κ1) is 15.3. The van der Waals surface area contributed by atoms with E-state index in [2.05, 4.69) is 9.97 Å². The van der Waals surface area contributed by atoms with E-state index in [-0.39, 0.29) is 0 Å². The van der Waals surface area contributed by atoms with Crippen molar-refractivity contribution in [1.29, 1.82) is 0 Å². The quantitative estimate of drug-likeness (QED) is 0.914. The summed E-state index contributed by atoms with van der Waals surface area (Å²) in [5, 5.41) is 0.408. The maximum absolute atomic E-state index is 6.19. The zero-order chi connectivity index (χ0) is 15.4. The molecule has 1 aromatic carbocycles. The molecule has 0 bridgehead atoms. The fraction of sp³-hybridized carbons (Fsp3) is 0.286. The molecule has 2 N–H and O–H groups in total. The van der Waals surface area contributed by atoms with E-state index < -0.39 is 0 Å². The Morgan fingerprint density at radius 3 is 2.48 bits per heavy atom. The van der Waals surface area contributed by atoms with Gasteiger partial charge in [-0.1, -0.05) is 11.6 Å². The van der Waals surface area contributed by atoms with Crippen molar-refractivity contribution in [3.05, 3.63) is 28.9 Å². The summed E-state index contributed by atoms with van der Waals surface area (Å²) in [6.45, 7) is 0.348. The van der Waals surface area contributed by atoms with Crippen molar-refractivity contribution in [2.45, 2.75) is 6.61 Å². The third-order valence-corrected chi connectivity index (χ3v) is 3.06. The number of nitrogens with zero attached hydrogens (tertiary/aromatic N) is 2. The molecule has 2 rings (SSSR count). The molecular weight excluding hydrogens is 294 g/mol. The van der Waals surface area contributed by atoms with Gasteiger partial charge in [0, 0.05) is 18.7 Å². The minimum Gasteiger partial charge on any atom is -0.493 e. The zero-order valence-corrected chi connectivity index (χ0v) is 12.8. The van der Waals surface area contributed by atoms with Crippen LogP contribution in [0.25, 0.3) is 11.4 Å². The van der Waals surface area contributed by atoms with E-state index in [1.54, 1.807) is 25.3 Å². The predicted molar refractivity (Wildman–Crippen MR) is 80.7 cm³/mol. The second-order valence-electron chi connectivity index (χ2n) is 4.23. The minimum absolute atomic E-state index is 0.348. The Bertz CT molecular complexity index is 650. The standard InChI is InChI=1S/C14H16ClN3O3/c1-19-7-9-6-12(16)18-14(17-9)8-4-10(15)13(21-3)11(5-8)20-2/h4-6H,7H2,1-3H3,(H2,16,17,18). The fourth-order valence-electron chi connectivity index (χ4n) is 1.92. The maximum Gasteiger partial charge on any atom is 0.179 e. The molecular formula is C14H16ClN3O3. The van der Waals surface area contributed by atoms with Crippen LogP contribution in [-0.4, -0.2) is 31.3 Å². The average Bonchev–Trinajstić information content (AvgIpc) is 2.46. The highest BCUT2D eigenvalue weighted by Gasteiger charge is 2.14. The van der Waals surface area contributed by atoms with Gasteiger partial charge in [0.1, 0.15) is 5.82 Å². The van der Waals surface area contributed by atoms with Crippen molar-refractivity contribution in [3.8, 4) is 22.9 Å². The van der Waals surface area contributed by atoms with E-state index in [0.717, 1.165) is 0 Å². The summed E-state index contributed by atoms with van der Waals surface area (Å²) in [5.74, 6) is 1.77. The average molecular weight is 310 g/mol. The lowest BCUT2D eigenvalue weighted by Gasteiger charge is -2.12. The van der Waals surface area contributed by atoms with Crippen LogP contribution in [0.15, 0.2) is 18.2 Å². The van der Waals surface area contributed by atoms with Gasteiger partial charge >= 0.3 is 0 Å². The maximum atomic E-state index is 6.19.